The minimum atomic E-state index is -0.0113. The van der Waals surface area contributed by atoms with Gasteiger partial charge < -0.3 is 15.0 Å². The van der Waals surface area contributed by atoms with Gasteiger partial charge in [0.25, 0.3) is 0 Å². The number of para-hydroxylation sites is 2. The quantitative estimate of drug-likeness (QED) is 0.341. The van der Waals surface area contributed by atoms with Crippen molar-refractivity contribution in [1.29, 1.82) is 0 Å². The van der Waals surface area contributed by atoms with Gasteiger partial charge in [0.1, 0.15) is 5.75 Å². The summed E-state index contributed by atoms with van der Waals surface area (Å²) in [6.45, 7) is 2.53. The van der Waals surface area contributed by atoms with E-state index in [-0.39, 0.29) is 11.7 Å². The Morgan fingerprint density at radius 3 is 2.55 bits per heavy atom. The number of anilines is 1. The number of nitrogens with one attached hydrogen (secondary N) is 1. The van der Waals surface area contributed by atoms with Gasteiger partial charge >= 0.3 is 0 Å². The first-order valence-corrected chi connectivity index (χ1v) is 13.1. The van der Waals surface area contributed by atoms with Crippen LogP contribution >= 0.6 is 23.5 Å². The largest absolute Gasteiger partial charge is 0.495 e. The van der Waals surface area contributed by atoms with Crippen molar-refractivity contribution in [2.45, 2.75) is 29.3 Å². The van der Waals surface area contributed by atoms with Crippen molar-refractivity contribution in [2.24, 2.45) is 0 Å². The van der Waals surface area contributed by atoms with Gasteiger partial charge in [-0.05, 0) is 43.5 Å². The zero-order chi connectivity index (χ0) is 22.9. The Bertz CT molecular complexity index is 1040. The van der Waals surface area contributed by atoms with E-state index < -0.39 is 0 Å². The predicted molar refractivity (Wildman–Crippen MR) is 135 cm³/mol. The van der Waals surface area contributed by atoms with Gasteiger partial charge in [-0.1, -0.05) is 42.1 Å². The number of thioether (sulfide) groups is 2. The Balaban J connectivity index is 1.41. The van der Waals surface area contributed by atoms with E-state index in [0.717, 1.165) is 49.1 Å². The number of carbonyl (C=O) groups excluding carboxylic acids is 1. The standard InChI is InChI=1S/C24H29N5O2S2/c1-31-21-13-7-6-12-20(21)29-23(28-15-8-3-9-16-28)26-27-24(29)33-18-22(30)25-14-17-32-19-10-4-2-5-11-19/h2,4-7,10-13H,3,8-9,14-18H2,1H3,(H,25,30). The maximum Gasteiger partial charge on any atom is 0.232 e. The Morgan fingerprint density at radius 2 is 1.76 bits per heavy atom. The summed E-state index contributed by atoms with van der Waals surface area (Å²) in [4.78, 5) is 15.9. The molecule has 4 rings (SSSR count). The molecule has 33 heavy (non-hydrogen) atoms. The van der Waals surface area contributed by atoms with Crippen LogP contribution in [0.3, 0.4) is 0 Å². The van der Waals surface area contributed by atoms with Crippen LogP contribution in [0.15, 0.2) is 64.6 Å². The third-order valence-electron chi connectivity index (χ3n) is 5.35. The molecule has 0 aliphatic carbocycles. The molecular formula is C24H29N5O2S2. The molecule has 3 aromatic rings. The van der Waals surface area contributed by atoms with Crippen molar-refractivity contribution in [2.75, 3.05) is 43.1 Å². The van der Waals surface area contributed by atoms with E-state index in [9.17, 15) is 4.79 Å². The van der Waals surface area contributed by atoms with Crippen LogP contribution in [0.5, 0.6) is 5.75 Å². The Morgan fingerprint density at radius 1 is 1.00 bits per heavy atom. The molecule has 174 valence electrons. The van der Waals surface area contributed by atoms with Gasteiger partial charge in [0.05, 0.1) is 18.6 Å². The van der Waals surface area contributed by atoms with Gasteiger partial charge in [-0.3, -0.25) is 9.36 Å². The molecule has 9 heteroatoms. The van der Waals surface area contributed by atoms with Crippen molar-refractivity contribution < 1.29 is 9.53 Å². The molecule has 1 aromatic heterocycles. The van der Waals surface area contributed by atoms with Crippen LogP contribution in [-0.2, 0) is 4.79 Å². The fourth-order valence-electron chi connectivity index (χ4n) is 3.74. The third-order valence-corrected chi connectivity index (χ3v) is 7.29. The normalized spacial score (nSPS) is 13.7. The molecular weight excluding hydrogens is 454 g/mol. The molecule has 1 saturated heterocycles. The molecule has 0 radical (unpaired) electrons. The molecule has 1 aliphatic heterocycles. The molecule has 0 unspecified atom stereocenters. The second kappa shape index (κ2) is 12.0. The van der Waals surface area contributed by atoms with Crippen LogP contribution in [0.1, 0.15) is 19.3 Å². The van der Waals surface area contributed by atoms with Gasteiger partial charge in [0.15, 0.2) is 5.16 Å². The van der Waals surface area contributed by atoms with E-state index in [0.29, 0.717) is 11.7 Å². The average Bonchev–Trinajstić information content (AvgIpc) is 3.30. The summed E-state index contributed by atoms with van der Waals surface area (Å²) in [5, 5.41) is 12.6. The minimum Gasteiger partial charge on any atom is -0.495 e. The van der Waals surface area contributed by atoms with E-state index in [2.05, 4.69) is 32.5 Å². The summed E-state index contributed by atoms with van der Waals surface area (Å²) in [7, 11) is 1.66. The first-order chi connectivity index (χ1) is 16.3. The summed E-state index contributed by atoms with van der Waals surface area (Å²) >= 11 is 3.13. The Labute approximate surface area is 203 Å². The topological polar surface area (TPSA) is 72.3 Å². The third kappa shape index (κ3) is 6.23. The number of ether oxygens (including phenoxy) is 1. The Hall–Kier alpha value is -2.65. The van der Waals surface area contributed by atoms with E-state index >= 15 is 0 Å². The lowest BCUT2D eigenvalue weighted by Crippen LogP contribution is -2.32. The number of nitrogens with zero attached hydrogens (tertiary/aromatic N) is 4. The highest BCUT2D eigenvalue weighted by Gasteiger charge is 2.23. The van der Waals surface area contributed by atoms with E-state index in [1.165, 1.54) is 23.1 Å². The first-order valence-electron chi connectivity index (χ1n) is 11.2. The summed E-state index contributed by atoms with van der Waals surface area (Å²) in [6, 6.07) is 18.1. The zero-order valence-corrected chi connectivity index (χ0v) is 20.4. The van der Waals surface area contributed by atoms with Crippen molar-refractivity contribution in [3.8, 4) is 11.4 Å². The first kappa shape index (κ1) is 23.5. The van der Waals surface area contributed by atoms with Crippen LogP contribution in [-0.4, -0.2) is 58.9 Å². The van der Waals surface area contributed by atoms with Crippen molar-refractivity contribution >= 4 is 35.4 Å². The fourth-order valence-corrected chi connectivity index (χ4v) is 5.30. The summed E-state index contributed by atoms with van der Waals surface area (Å²) < 4.78 is 7.63. The number of aromatic nitrogens is 3. The van der Waals surface area contributed by atoms with E-state index in [4.69, 9.17) is 4.74 Å². The smallest absolute Gasteiger partial charge is 0.232 e. The molecule has 7 nitrogen and oxygen atoms in total. The maximum absolute atomic E-state index is 12.5. The monoisotopic (exact) mass is 483 g/mol. The second-order valence-corrected chi connectivity index (χ2v) is 9.75. The lowest BCUT2D eigenvalue weighted by molar-refractivity contribution is -0.118. The van der Waals surface area contributed by atoms with Gasteiger partial charge in [-0.25, -0.2) is 0 Å². The number of rotatable bonds is 10. The van der Waals surface area contributed by atoms with E-state index in [1.807, 2.05) is 47.0 Å². The van der Waals surface area contributed by atoms with Gasteiger partial charge in [-0.15, -0.1) is 22.0 Å². The zero-order valence-electron chi connectivity index (χ0n) is 18.8. The molecule has 0 spiro atoms. The number of hydrogen-bond acceptors (Lipinski definition) is 7. The van der Waals surface area contributed by atoms with Crippen molar-refractivity contribution in [1.82, 2.24) is 20.1 Å². The molecule has 0 atom stereocenters. The molecule has 2 heterocycles. The lowest BCUT2D eigenvalue weighted by Gasteiger charge is -2.28. The van der Waals surface area contributed by atoms with Crippen molar-refractivity contribution in [3.63, 3.8) is 0 Å². The van der Waals surface area contributed by atoms with Gasteiger partial charge in [0.2, 0.25) is 11.9 Å². The predicted octanol–water partition coefficient (Wildman–Crippen LogP) is 4.27. The highest BCUT2D eigenvalue weighted by molar-refractivity contribution is 7.99. The van der Waals surface area contributed by atoms with Crippen LogP contribution in [0.2, 0.25) is 0 Å². The van der Waals surface area contributed by atoms with Gasteiger partial charge in [-0.2, -0.15) is 0 Å². The lowest BCUT2D eigenvalue weighted by atomic mass is 10.1. The van der Waals surface area contributed by atoms with Crippen LogP contribution in [0.4, 0.5) is 5.95 Å². The number of carbonyl (C=O) groups is 1. The molecule has 1 N–H and O–H groups in total. The molecule has 0 bridgehead atoms. The SMILES string of the molecule is COc1ccccc1-n1c(SCC(=O)NCCSc2ccccc2)nnc1N1CCCCC1. The van der Waals surface area contributed by atoms with Crippen LogP contribution in [0.25, 0.3) is 5.69 Å². The molecule has 1 fully saturated rings. The maximum atomic E-state index is 12.5. The number of amides is 1. The highest BCUT2D eigenvalue weighted by Crippen LogP contribution is 2.32. The number of hydrogen-bond donors (Lipinski definition) is 1. The second-order valence-electron chi connectivity index (χ2n) is 7.64. The van der Waals surface area contributed by atoms with E-state index in [1.54, 1.807) is 18.9 Å². The number of methoxy groups -OCH3 is 1. The van der Waals surface area contributed by atoms with Crippen LogP contribution < -0.4 is 15.0 Å². The highest BCUT2D eigenvalue weighted by atomic mass is 32.2. The summed E-state index contributed by atoms with van der Waals surface area (Å²) in [5.41, 5.74) is 0.882. The molecule has 1 aliphatic rings. The average molecular weight is 484 g/mol. The van der Waals surface area contributed by atoms with Gasteiger partial charge in [0, 0.05) is 30.3 Å². The molecule has 2 aromatic carbocycles. The summed E-state index contributed by atoms with van der Waals surface area (Å²) in [5.74, 6) is 2.66. The fraction of sp³-hybridized carbons (Fsp3) is 0.375. The summed E-state index contributed by atoms with van der Waals surface area (Å²) in [6.07, 6.45) is 3.53. The Kier molecular flexibility index (Phi) is 8.54. The molecule has 0 saturated carbocycles. The van der Waals surface area contributed by atoms with Crippen LogP contribution in [0, 0.1) is 0 Å². The van der Waals surface area contributed by atoms with Crippen molar-refractivity contribution in [3.05, 3.63) is 54.6 Å². The number of benzene rings is 2. The number of piperidine rings is 1. The minimum absolute atomic E-state index is 0.0113. The molecule has 1 amide bonds.